The highest BCUT2D eigenvalue weighted by Crippen LogP contribution is 2.27. The summed E-state index contributed by atoms with van der Waals surface area (Å²) in [6.07, 6.45) is 0.371. The number of carbonyl (C=O) groups excluding carboxylic acids is 1. The van der Waals surface area contributed by atoms with E-state index in [1.165, 1.54) is 11.3 Å². The molecule has 0 saturated heterocycles. The number of hydrogen-bond donors (Lipinski definition) is 2. The normalized spacial score (nSPS) is 11.7. The maximum absolute atomic E-state index is 11.1. The molecule has 5 nitrogen and oxygen atoms in total. The molecule has 0 atom stereocenters. The number of aliphatic imine (C=N–C) groups is 1. The molecule has 3 N–H and O–H groups in total. The molecule has 0 saturated carbocycles. The van der Waals surface area contributed by atoms with E-state index in [9.17, 15) is 4.79 Å². The first-order valence-corrected chi connectivity index (χ1v) is 6.00. The van der Waals surface area contributed by atoms with Crippen molar-refractivity contribution in [3.8, 4) is 0 Å². The van der Waals surface area contributed by atoms with Crippen molar-refractivity contribution in [2.45, 2.75) is 13.3 Å². The second-order valence-corrected chi connectivity index (χ2v) is 4.37. The minimum atomic E-state index is -0.160. The molecule has 1 amide bonds. The molecule has 2 aromatic rings. The smallest absolute Gasteiger partial charge is 0.226 e. The van der Waals surface area contributed by atoms with Crippen LogP contribution in [0.4, 0.5) is 5.13 Å². The maximum atomic E-state index is 11.1. The summed E-state index contributed by atoms with van der Waals surface area (Å²) in [7, 11) is 0. The summed E-state index contributed by atoms with van der Waals surface area (Å²) in [5.74, 6) is -0.0803. The number of aromatic nitrogens is 1. The Morgan fingerprint density at radius 2 is 2.29 bits per heavy atom. The Kier molecular flexibility index (Phi) is 3.34. The van der Waals surface area contributed by atoms with Crippen LogP contribution in [0.15, 0.2) is 29.3 Å². The topological polar surface area (TPSA) is 80.4 Å². The van der Waals surface area contributed by atoms with Crippen LogP contribution in [0.5, 0.6) is 0 Å². The first-order valence-electron chi connectivity index (χ1n) is 5.18. The van der Waals surface area contributed by atoms with Crippen LogP contribution in [0.1, 0.15) is 13.3 Å². The number of amides is 1. The van der Waals surface area contributed by atoms with E-state index >= 15 is 0 Å². The lowest BCUT2D eigenvalue weighted by molar-refractivity contribution is -0.119. The Labute approximate surface area is 102 Å². The number of nitrogens with two attached hydrogens (primary N) is 1. The predicted molar refractivity (Wildman–Crippen MR) is 69.3 cm³/mol. The number of rotatable bonds is 2. The monoisotopic (exact) mass is 248 g/mol. The Morgan fingerprint density at radius 1 is 1.53 bits per heavy atom. The number of hydrogen-bond acceptors (Lipinski definition) is 4. The third kappa shape index (κ3) is 2.79. The molecule has 0 radical (unpaired) electrons. The first-order chi connectivity index (χ1) is 8.19. The van der Waals surface area contributed by atoms with E-state index in [0.29, 0.717) is 11.6 Å². The van der Waals surface area contributed by atoms with Gasteiger partial charge >= 0.3 is 0 Å². The van der Waals surface area contributed by atoms with Gasteiger partial charge in [0.2, 0.25) is 17.0 Å². The Morgan fingerprint density at radius 3 is 3.00 bits per heavy atom. The average Bonchev–Trinajstić information content (AvgIpc) is 2.70. The van der Waals surface area contributed by atoms with Crippen LogP contribution in [-0.2, 0) is 4.79 Å². The van der Waals surface area contributed by atoms with Gasteiger partial charge in [0, 0.05) is 6.42 Å². The third-order valence-electron chi connectivity index (χ3n) is 2.09. The summed E-state index contributed by atoms with van der Waals surface area (Å²) in [5, 5.41) is 3.02. The number of carbonyl (C=O) groups is 1. The van der Waals surface area contributed by atoms with Gasteiger partial charge in [0.1, 0.15) is 0 Å². The molecule has 17 heavy (non-hydrogen) atoms. The van der Waals surface area contributed by atoms with E-state index < -0.39 is 0 Å². The molecule has 0 aliphatic rings. The SMILES string of the molecule is CCC(=O)N/C(N)=N/c1nc2ccccc2s1. The molecule has 1 heterocycles. The summed E-state index contributed by atoms with van der Waals surface area (Å²) in [5.41, 5.74) is 6.47. The molecule has 0 unspecified atom stereocenters. The molecule has 1 aromatic heterocycles. The van der Waals surface area contributed by atoms with Crippen LogP contribution in [-0.4, -0.2) is 16.9 Å². The highest BCUT2D eigenvalue weighted by Gasteiger charge is 2.04. The van der Waals surface area contributed by atoms with Crippen molar-refractivity contribution < 1.29 is 4.79 Å². The Balaban J connectivity index is 2.22. The Bertz CT molecular complexity index is 543. The van der Waals surface area contributed by atoms with E-state index in [1.807, 2.05) is 24.3 Å². The van der Waals surface area contributed by atoms with Crippen molar-refractivity contribution in [1.82, 2.24) is 10.3 Å². The lowest BCUT2D eigenvalue weighted by atomic mass is 10.3. The van der Waals surface area contributed by atoms with Gasteiger partial charge in [-0.3, -0.25) is 10.1 Å². The molecule has 0 fully saturated rings. The number of benzene rings is 1. The third-order valence-corrected chi connectivity index (χ3v) is 3.02. The van der Waals surface area contributed by atoms with Crippen LogP contribution < -0.4 is 11.1 Å². The number of guanidine groups is 1. The van der Waals surface area contributed by atoms with Crippen molar-refractivity contribution in [3.05, 3.63) is 24.3 Å². The fourth-order valence-corrected chi connectivity index (χ4v) is 2.12. The molecule has 0 spiro atoms. The van der Waals surface area contributed by atoms with E-state index in [-0.39, 0.29) is 11.9 Å². The quantitative estimate of drug-likeness (QED) is 0.627. The van der Waals surface area contributed by atoms with E-state index in [1.54, 1.807) is 6.92 Å². The molecule has 0 aliphatic carbocycles. The van der Waals surface area contributed by atoms with Crippen molar-refractivity contribution in [2.75, 3.05) is 0 Å². The molecule has 6 heteroatoms. The zero-order chi connectivity index (χ0) is 12.3. The summed E-state index contributed by atoms with van der Waals surface area (Å²) in [4.78, 5) is 19.4. The molecule has 0 bridgehead atoms. The van der Waals surface area contributed by atoms with Gasteiger partial charge in [0.15, 0.2) is 0 Å². The molecule has 88 valence electrons. The van der Waals surface area contributed by atoms with Crippen LogP contribution in [0.25, 0.3) is 10.2 Å². The van der Waals surface area contributed by atoms with Gasteiger partial charge < -0.3 is 5.73 Å². The zero-order valence-corrected chi connectivity index (χ0v) is 10.1. The standard InChI is InChI=1S/C11H12N4OS/c1-2-9(16)14-10(12)15-11-13-7-5-3-4-6-8(7)17-11/h3-6H,2H2,1H3,(H3,12,13,14,15,16). The summed E-state index contributed by atoms with van der Waals surface area (Å²) in [6.45, 7) is 1.75. The van der Waals surface area contributed by atoms with Gasteiger partial charge in [0.25, 0.3) is 0 Å². The van der Waals surface area contributed by atoms with Gasteiger partial charge in [-0.2, -0.15) is 4.99 Å². The van der Waals surface area contributed by atoms with Crippen molar-refractivity contribution in [1.29, 1.82) is 0 Å². The van der Waals surface area contributed by atoms with Crippen LogP contribution in [0.3, 0.4) is 0 Å². The number of thiazole rings is 1. The summed E-state index contributed by atoms with van der Waals surface area (Å²) >= 11 is 1.43. The molecule has 1 aromatic carbocycles. The second kappa shape index (κ2) is 4.92. The maximum Gasteiger partial charge on any atom is 0.226 e. The van der Waals surface area contributed by atoms with Gasteiger partial charge in [-0.25, -0.2) is 4.98 Å². The highest BCUT2D eigenvalue weighted by atomic mass is 32.1. The minimum absolute atomic E-state index is 0.0795. The Hall–Kier alpha value is -1.95. The summed E-state index contributed by atoms with van der Waals surface area (Å²) < 4.78 is 1.04. The van der Waals surface area contributed by atoms with Crippen molar-refractivity contribution in [3.63, 3.8) is 0 Å². The lowest BCUT2D eigenvalue weighted by Crippen LogP contribution is -2.35. The number of fused-ring (bicyclic) bond motifs is 1. The van der Waals surface area contributed by atoms with Crippen molar-refractivity contribution in [2.24, 2.45) is 10.7 Å². The molecular formula is C11H12N4OS. The van der Waals surface area contributed by atoms with Crippen LogP contribution in [0.2, 0.25) is 0 Å². The first kappa shape index (κ1) is 11.5. The lowest BCUT2D eigenvalue weighted by Gasteiger charge is -1.99. The van der Waals surface area contributed by atoms with E-state index in [2.05, 4.69) is 15.3 Å². The number of para-hydroxylation sites is 1. The van der Waals surface area contributed by atoms with Crippen LogP contribution in [0, 0.1) is 0 Å². The average molecular weight is 248 g/mol. The minimum Gasteiger partial charge on any atom is -0.369 e. The van der Waals surface area contributed by atoms with E-state index in [0.717, 1.165) is 10.2 Å². The fourth-order valence-electron chi connectivity index (χ4n) is 1.27. The summed E-state index contributed by atoms with van der Waals surface area (Å²) in [6, 6.07) is 7.73. The second-order valence-electron chi connectivity index (χ2n) is 3.36. The van der Waals surface area contributed by atoms with Gasteiger partial charge in [-0.05, 0) is 12.1 Å². The molecular weight excluding hydrogens is 236 g/mol. The highest BCUT2D eigenvalue weighted by molar-refractivity contribution is 7.22. The molecule has 2 rings (SSSR count). The molecule has 0 aliphatic heterocycles. The van der Waals surface area contributed by atoms with Crippen molar-refractivity contribution >= 4 is 38.6 Å². The van der Waals surface area contributed by atoms with E-state index in [4.69, 9.17) is 5.73 Å². The largest absolute Gasteiger partial charge is 0.369 e. The van der Waals surface area contributed by atoms with Gasteiger partial charge in [-0.1, -0.05) is 30.4 Å². The van der Waals surface area contributed by atoms with Gasteiger partial charge in [-0.15, -0.1) is 0 Å². The zero-order valence-electron chi connectivity index (χ0n) is 9.30. The number of nitrogens with zero attached hydrogens (tertiary/aromatic N) is 2. The van der Waals surface area contributed by atoms with Crippen LogP contribution >= 0.6 is 11.3 Å². The van der Waals surface area contributed by atoms with Gasteiger partial charge in [0.05, 0.1) is 10.2 Å². The fraction of sp³-hybridized carbons (Fsp3) is 0.182. The predicted octanol–water partition coefficient (Wildman–Crippen LogP) is 1.77. The number of nitrogens with one attached hydrogen (secondary N) is 1.